The Morgan fingerprint density at radius 3 is 2.89 bits per heavy atom. The molecule has 2 aromatic rings. The molecule has 3 N–H and O–H groups in total. The fourth-order valence-corrected chi connectivity index (χ4v) is 1.91. The second-order valence-corrected chi connectivity index (χ2v) is 4.62. The Labute approximate surface area is 118 Å². The fraction of sp³-hybridized carbons (Fsp3) is 0.0769. The van der Waals surface area contributed by atoms with E-state index in [1.54, 1.807) is 36.7 Å². The molecule has 0 radical (unpaired) electrons. The number of anilines is 2. The maximum Gasteiger partial charge on any atom is 0.259 e. The Kier molecular flexibility index (Phi) is 4.01. The van der Waals surface area contributed by atoms with Crippen LogP contribution in [0.1, 0.15) is 10.4 Å². The van der Waals surface area contributed by atoms with Gasteiger partial charge in [-0.1, -0.05) is 0 Å². The largest absolute Gasteiger partial charge is 0.496 e. The smallest absolute Gasteiger partial charge is 0.259 e. The fourth-order valence-electron chi connectivity index (χ4n) is 1.56. The normalized spacial score (nSPS) is 10.0. The number of nitrogens with two attached hydrogens (primary N) is 1. The Morgan fingerprint density at radius 1 is 1.42 bits per heavy atom. The van der Waals surface area contributed by atoms with Crippen molar-refractivity contribution < 1.29 is 9.53 Å². The van der Waals surface area contributed by atoms with Gasteiger partial charge in [0.15, 0.2) is 0 Å². The summed E-state index contributed by atoms with van der Waals surface area (Å²) in [6.07, 6.45) is 3.20. The lowest BCUT2D eigenvalue weighted by Gasteiger charge is -2.10. The van der Waals surface area contributed by atoms with Crippen LogP contribution in [-0.4, -0.2) is 18.0 Å². The first-order valence-electron chi connectivity index (χ1n) is 5.46. The van der Waals surface area contributed by atoms with Gasteiger partial charge >= 0.3 is 0 Å². The minimum atomic E-state index is -0.274. The van der Waals surface area contributed by atoms with Crippen LogP contribution >= 0.6 is 15.9 Å². The third-order valence-electron chi connectivity index (χ3n) is 2.49. The molecule has 0 saturated heterocycles. The summed E-state index contributed by atoms with van der Waals surface area (Å²) < 4.78 is 5.86. The molecule has 1 amide bonds. The molecule has 5 nitrogen and oxygen atoms in total. The van der Waals surface area contributed by atoms with Gasteiger partial charge in [0.05, 0.1) is 22.8 Å². The highest BCUT2D eigenvalue weighted by atomic mass is 79.9. The summed E-state index contributed by atoms with van der Waals surface area (Å²) in [6, 6.07) is 6.58. The summed E-state index contributed by atoms with van der Waals surface area (Å²) >= 11 is 3.32. The number of hydrogen-bond acceptors (Lipinski definition) is 4. The van der Waals surface area contributed by atoms with Crippen molar-refractivity contribution in [2.45, 2.75) is 0 Å². The lowest BCUT2D eigenvalue weighted by molar-refractivity contribution is 0.102. The number of benzene rings is 1. The molecule has 6 heteroatoms. The van der Waals surface area contributed by atoms with Gasteiger partial charge in [0.2, 0.25) is 0 Å². The van der Waals surface area contributed by atoms with Crippen LogP contribution in [0.5, 0.6) is 5.75 Å². The number of aromatic nitrogens is 1. The molecule has 1 aromatic carbocycles. The first-order chi connectivity index (χ1) is 9.11. The van der Waals surface area contributed by atoms with Crippen molar-refractivity contribution in [2.24, 2.45) is 0 Å². The van der Waals surface area contributed by atoms with Crippen LogP contribution in [0.15, 0.2) is 41.1 Å². The average molecular weight is 322 g/mol. The average Bonchev–Trinajstić information content (AvgIpc) is 2.41. The molecule has 0 saturated carbocycles. The third-order valence-corrected chi connectivity index (χ3v) is 3.12. The Morgan fingerprint density at radius 2 is 2.21 bits per heavy atom. The number of halogens is 1. The number of nitrogen functional groups attached to an aromatic ring is 1. The van der Waals surface area contributed by atoms with E-state index in [4.69, 9.17) is 10.5 Å². The van der Waals surface area contributed by atoms with Crippen LogP contribution in [0.2, 0.25) is 0 Å². The third kappa shape index (κ3) is 3.03. The summed E-state index contributed by atoms with van der Waals surface area (Å²) in [5.74, 6) is 0.159. The molecule has 98 valence electrons. The lowest BCUT2D eigenvalue weighted by Crippen LogP contribution is -2.13. The van der Waals surface area contributed by atoms with Crippen LogP contribution in [0.3, 0.4) is 0 Å². The standard InChI is InChI=1S/C13H12BrN3O2/c1-19-12-6-8(15)2-3-9(12)13(18)17-11-4-5-16-7-10(11)14/h2-7H,15H2,1H3,(H,16,17,18). The van der Waals surface area contributed by atoms with E-state index in [9.17, 15) is 4.79 Å². The van der Waals surface area contributed by atoms with E-state index in [1.165, 1.54) is 7.11 Å². The predicted molar refractivity (Wildman–Crippen MR) is 77.3 cm³/mol. The monoisotopic (exact) mass is 321 g/mol. The maximum atomic E-state index is 12.2. The number of hydrogen-bond donors (Lipinski definition) is 2. The molecule has 0 fully saturated rings. The van der Waals surface area contributed by atoms with E-state index in [-0.39, 0.29) is 5.91 Å². The van der Waals surface area contributed by atoms with Crippen molar-refractivity contribution >= 4 is 33.2 Å². The predicted octanol–water partition coefficient (Wildman–Crippen LogP) is 2.69. The number of nitrogens with one attached hydrogen (secondary N) is 1. The Hall–Kier alpha value is -2.08. The molecule has 1 heterocycles. The van der Waals surface area contributed by atoms with Gasteiger partial charge in [0, 0.05) is 24.1 Å². The molecule has 2 rings (SSSR count). The van der Waals surface area contributed by atoms with Crippen LogP contribution in [0.25, 0.3) is 0 Å². The first kappa shape index (κ1) is 13.4. The lowest BCUT2D eigenvalue weighted by atomic mass is 10.1. The highest BCUT2D eigenvalue weighted by Gasteiger charge is 2.13. The maximum absolute atomic E-state index is 12.2. The topological polar surface area (TPSA) is 77.2 Å². The molecule has 0 aliphatic carbocycles. The van der Waals surface area contributed by atoms with Gasteiger partial charge in [-0.25, -0.2) is 0 Å². The summed E-state index contributed by atoms with van der Waals surface area (Å²) in [6.45, 7) is 0. The number of rotatable bonds is 3. The van der Waals surface area contributed by atoms with E-state index < -0.39 is 0 Å². The summed E-state index contributed by atoms with van der Waals surface area (Å²) in [5.41, 5.74) is 7.25. The molecule has 1 aromatic heterocycles. The van der Waals surface area contributed by atoms with E-state index in [1.807, 2.05) is 0 Å². The number of nitrogens with zero attached hydrogens (tertiary/aromatic N) is 1. The Bertz CT molecular complexity index is 617. The molecular weight excluding hydrogens is 310 g/mol. The van der Waals surface area contributed by atoms with Crippen LogP contribution < -0.4 is 15.8 Å². The van der Waals surface area contributed by atoms with Gasteiger partial charge in [0.1, 0.15) is 5.75 Å². The van der Waals surface area contributed by atoms with Gasteiger partial charge in [-0.05, 0) is 34.1 Å². The number of ether oxygens (including phenoxy) is 1. The highest BCUT2D eigenvalue weighted by molar-refractivity contribution is 9.10. The quantitative estimate of drug-likeness (QED) is 0.852. The zero-order chi connectivity index (χ0) is 13.8. The van der Waals surface area contributed by atoms with Crippen molar-refractivity contribution in [1.29, 1.82) is 0 Å². The molecule has 0 aliphatic rings. The van der Waals surface area contributed by atoms with E-state index in [0.717, 1.165) is 0 Å². The van der Waals surface area contributed by atoms with Gasteiger partial charge < -0.3 is 15.8 Å². The minimum absolute atomic E-state index is 0.274. The second kappa shape index (κ2) is 5.71. The van der Waals surface area contributed by atoms with Crippen LogP contribution in [0.4, 0.5) is 11.4 Å². The summed E-state index contributed by atoms with van der Waals surface area (Å²) in [5, 5.41) is 2.77. The highest BCUT2D eigenvalue weighted by Crippen LogP contribution is 2.25. The molecule has 0 aliphatic heterocycles. The molecule has 0 atom stereocenters. The van der Waals surface area contributed by atoms with Crippen molar-refractivity contribution in [3.8, 4) is 5.75 Å². The van der Waals surface area contributed by atoms with Crippen molar-refractivity contribution in [1.82, 2.24) is 4.98 Å². The Balaban J connectivity index is 2.28. The SMILES string of the molecule is COc1cc(N)ccc1C(=O)Nc1ccncc1Br. The minimum Gasteiger partial charge on any atom is -0.496 e. The molecule has 19 heavy (non-hydrogen) atoms. The van der Waals surface area contributed by atoms with Gasteiger partial charge in [-0.2, -0.15) is 0 Å². The summed E-state index contributed by atoms with van der Waals surface area (Å²) in [4.78, 5) is 16.1. The second-order valence-electron chi connectivity index (χ2n) is 3.77. The molecular formula is C13H12BrN3O2. The van der Waals surface area contributed by atoms with Gasteiger partial charge in [-0.15, -0.1) is 0 Å². The molecule has 0 spiro atoms. The van der Waals surface area contributed by atoms with Crippen LogP contribution in [0, 0.1) is 0 Å². The number of carbonyl (C=O) groups is 1. The number of amides is 1. The first-order valence-corrected chi connectivity index (χ1v) is 6.25. The number of pyridine rings is 1. The zero-order valence-corrected chi connectivity index (χ0v) is 11.8. The van der Waals surface area contributed by atoms with Crippen molar-refractivity contribution in [3.05, 3.63) is 46.7 Å². The number of methoxy groups -OCH3 is 1. The van der Waals surface area contributed by atoms with E-state index in [2.05, 4.69) is 26.2 Å². The zero-order valence-electron chi connectivity index (χ0n) is 10.2. The molecule has 0 bridgehead atoms. The van der Waals surface area contributed by atoms with E-state index >= 15 is 0 Å². The van der Waals surface area contributed by atoms with Crippen molar-refractivity contribution in [2.75, 3.05) is 18.2 Å². The van der Waals surface area contributed by atoms with Crippen molar-refractivity contribution in [3.63, 3.8) is 0 Å². The van der Waals surface area contributed by atoms with Gasteiger partial charge in [0.25, 0.3) is 5.91 Å². The van der Waals surface area contributed by atoms with E-state index in [0.29, 0.717) is 27.2 Å². The van der Waals surface area contributed by atoms with Gasteiger partial charge in [-0.3, -0.25) is 9.78 Å². The summed E-state index contributed by atoms with van der Waals surface area (Å²) in [7, 11) is 1.49. The molecule has 0 unspecified atom stereocenters. The number of carbonyl (C=O) groups excluding carboxylic acids is 1. The van der Waals surface area contributed by atoms with Crippen LogP contribution in [-0.2, 0) is 0 Å².